The van der Waals surface area contributed by atoms with Crippen LogP contribution in [0, 0.1) is 5.92 Å². The molecule has 0 spiro atoms. The van der Waals surface area contributed by atoms with Crippen LogP contribution in [0.1, 0.15) is 40.5 Å². The van der Waals surface area contributed by atoms with Gasteiger partial charge in [-0.15, -0.1) is 0 Å². The van der Waals surface area contributed by atoms with Gasteiger partial charge in [0.15, 0.2) is 5.78 Å². The SMILES string of the molecule is CC(C)CCC(=O)C(C)(C)N(C)C. The van der Waals surface area contributed by atoms with E-state index in [1.807, 2.05) is 32.8 Å². The minimum absolute atomic E-state index is 0.311. The van der Waals surface area contributed by atoms with Gasteiger partial charge in [-0.25, -0.2) is 0 Å². The largest absolute Gasteiger partial charge is 0.298 e. The van der Waals surface area contributed by atoms with Crippen molar-refractivity contribution in [1.82, 2.24) is 4.90 Å². The van der Waals surface area contributed by atoms with Crippen molar-refractivity contribution in [3.63, 3.8) is 0 Å². The molecule has 2 heteroatoms. The summed E-state index contributed by atoms with van der Waals surface area (Å²) < 4.78 is 0. The highest BCUT2D eigenvalue weighted by atomic mass is 16.1. The zero-order valence-electron chi connectivity index (χ0n) is 9.85. The number of ketones is 1. The Bertz CT molecular complexity index is 171. The van der Waals surface area contributed by atoms with Crippen LogP contribution in [0.4, 0.5) is 0 Å². The second kappa shape index (κ2) is 4.75. The first kappa shape index (κ1) is 12.6. The fraction of sp³-hybridized carbons (Fsp3) is 0.909. The second-order valence-electron chi connectivity index (χ2n) is 4.81. The van der Waals surface area contributed by atoms with Crippen molar-refractivity contribution in [2.24, 2.45) is 5.92 Å². The van der Waals surface area contributed by atoms with Gasteiger partial charge in [-0.05, 0) is 40.3 Å². The molecule has 0 saturated heterocycles. The Kier molecular flexibility index (Phi) is 4.62. The molecule has 0 aromatic carbocycles. The molecular weight excluding hydrogens is 162 g/mol. The standard InChI is InChI=1S/C11H23NO/c1-9(2)7-8-10(13)11(3,4)12(5)6/h9H,7-8H2,1-6H3. The number of Topliss-reactive ketones (excluding diaryl/α,β-unsaturated/α-hetero) is 1. The number of carbonyl (C=O) groups is 1. The Hall–Kier alpha value is -0.370. The monoisotopic (exact) mass is 185 g/mol. The van der Waals surface area contributed by atoms with Gasteiger partial charge in [0.2, 0.25) is 0 Å². The summed E-state index contributed by atoms with van der Waals surface area (Å²) in [5.74, 6) is 0.952. The van der Waals surface area contributed by atoms with Gasteiger partial charge in [-0.3, -0.25) is 9.69 Å². The van der Waals surface area contributed by atoms with E-state index in [0.29, 0.717) is 18.1 Å². The molecule has 13 heavy (non-hydrogen) atoms. The number of likely N-dealkylation sites (N-methyl/N-ethyl adjacent to an activating group) is 1. The van der Waals surface area contributed by atoms with Crippen molar-refractivity contribution in [2.75, 3.05) is 14.1 Å². The van der Waals surface area contributed by atoms with E-state index in [1.165, 1.54) is 0 Å². The lowest BCUT2D eigenvalue weighted by Crippen LogP contribution is -2.45. The van der Waals surface area contributed by atoms with Crippen LogP contribution in [-0.2, 0) is 4.79 Å². The number of carbonyl (C=O) groups excluding carboxylic acids is 1. The Morgan fingerprint density at radius 2 is 1.77 bits per heavy atom. The highest BCUT2D eigenvalue weighted by Crippen LogP contribution is 2.16. The number of nitrogens with zero attached hydrogens (tertiary/aromatic N) is 1. The van der Waals surface area contributed by atoms with Crippen molar-refractivity contribution in [2.45, 2.75) is 46.1 Å². The molecule has 0 N–H and O–H groups in total. The van der Waals surface area contributed by atoms with Gasteiger partial charge in [0.25, 0.3) is 0 Å². The van der Waals surface area contributed by atoms with Gasteiger partial charge in [0.1, 0.15) is 0 Å². The summed E-state index contributed by atoms with van der Waals surface area (Å²) in [4.78, 5) is 13.8. The molecular formula is C11H23NO. The Labute approximate surface area is 82.3 Å². The molecule has 0 amide bonds. The third-order valence-electron chi connectivity index (χ3n) is 2.75. The lowest BCUT2D eigenvalue weighted by atomic mass is 9.92. The van der Waals surface area contributed by atoms with Crippen LogP contribution in [0.25, 0.3) is 0 Å². The van der Waals surface area contributed by atoms with E-state index < -0.39 is 0 Å². The number of rotatable bonds is 5. The van der Waals surface area contributed by atoms with Crippen molar-refractivity contribution >= 4 is 5.78 Å². The Balaban J connectivity index is 4.10. The minimum atomic E-state index is -0.311. The smallest absolute Gasteiger partial charge is 0.152 e. The van der Waals surface area contributed by atoms with Gasteiger partial charge in [-0.2, -0.15) is 0 Å². The maximum atomic E-state index is 11.8. The molecule has 0 saturated carbocycles. The fourth-order valence-electron chi connectivity index (χ4n) is 0.975. The van der Waals surface area contributed by atoms with Crippen LogP contribution in [0.5, 0.6) is 0 Å². The molecule has 0 atom stereocenters. The summed E-state index contributed by atoms with van der Waals surface area (Å²) in [6.45, 7) is 8.26. The molecule has 0 aromatic heterocycles. The highest BCUT2D eigenvalue weighted by Gasteiger charge is 2.28. The first-order valence-corrected chi connectivity index (χ1v) is 4.99. The van der Waals surface area contributed by atoms with Crippen molar-refractivity contribution in [3.05, 3.63) is 0 Å². The topological polar surface area (TPSA) is 20.3 Å². The van der Waals surface area contributed by atoms with E-state index in [4.69, 9.17) is 0 Å². The normalized spacial score (nSPS) is 12.6. The quantitative estimate of drug-likeness (QED) is 0.655. The molecule has 0 unspecified atom stereocenters. The lowest BCUT2D eigenvalue weighted by Gasteiger charge is -2.31. The molecule has 0 bridgehead atoms. The zero-order chi connectivity index (χ0) is 10.6. The van der Waals surface area contributed by atoms with E-state index >= 15 is 0 Å². The van der Waals surface area contributed by atoms with E-state index in [0.717, 1.165) is 6.42 Å². The Morgan fingerprint density at radius 3 is 2.08 bits per heavy atom. The average molecular weight is 185 g/mol. The third-order valence-corrected chi connectivity index (χ3v) is 2.75. The Morgan fingerprint density at radius 1 is 1.31 bits per heavy atom. The van der Waals surface area contributed by atoms with Crippen LogP contribution >= 0.6 is 0 Å². The lowest BCUT2D eigenvalue weighted by molar-refractivity contribution is -0.128. The van der Waals surface area contributed by atoms with Crippen molar-refractivity contribution in [3.8, 4) is 0 Å². The summed E-state index contributed by atoms with van der Waals surface area (Å²) in [6, 6.07) is 0. The predicted molar refractivity (Wildman–Crippen MR) is 56.8 cm³/mol. The molecule has 0 fully saturated rings. The van der Waals surface area contributed by atoms with Gasteiger partial charge in [0, 0.05) is 6.42 Å². The van der Waals surface area contributed by atoms with E-state index in [1.54, 1.807) is 0 Å². The summed E-state index contributed by atoms with van der Waals surface area (Å²) in [5.41, 5.74) is -0.311. The minimum Gasteiger partial charge on any atom is -0.298 e. The van der Waals surface area contributed by atoms with Crippen LogP contribution in [-0.4, -0.2) is 30.3 Å². The second-order valence-corrected chi connectivity index (χ2v) is 4.81. The number of hydrogen-bond donors (Lipinski definition) is 0. The third kappa shape index (κ3) is 3.90. The first-order chi connectivity index (χ1) is 5.78. The number of hydrogen-bond acceptors (Lipinski definition) is 2. The van der Waals surface area contributed by atoms with E-state index in [2.05, 4.69) is 13.8 Å². The van der Waals surface area contributed by atoms with Crippen molar-refractivity contribution < 1.29 is 4.79 Å². The summed E-state index contributed by atoms with van der Waals surface area (Å²) in [7, 11) is 3.90. The molecule has 0 radical (unpaired) electrons. The van der Waals surface area contributed by atoms with Crippen LogP contribution < -0.4 is 0 Å². The predicted octanol–water partition coefficient (Wildman–Crippen LogP) is 2.33. The first-order valence-electron chi connectivity index (χ1n) is 4.99. The average Bonchev–Trinajstić information content (AvgIpc) is 1.99. The van der Waals surface area contributed by atoms with Gasteiger partial charge in [-0.1, -0.05) is 13.8 Å². The molecule has 0 aliphatic heterocycles. The summed E-state index contributed by atoms with van der Waals surface area (Å²) in [5, 5.41) is 0. The molecule has 0 aliphatic carbocycles. The molecule has 0 rings (SSSR count). The van der Waals surface area contributed by atoms with Gasteiger partial charge < -0.3 is 0 Å². The van der Waals surface area contributed by atoms with Crippen LogP contribution in [0.3, 0.4) is 0 Å². The molecule has 0 aliphatic rings. The molecule has 0 aromatic rings. The van der Waals surface area contributed by atoms with Gasteiger partial charge in [0.05, 0.1) is 5.54 Å². The van der Waals surface area contributed by atoms with Crippen molar-refractivity contribution in [1.29, 1.82) is 0 Å². The van der Waals surface area contributed by atoms with E-state index in [9.17, 15) is 4.79 Å². The molecule has 78 valence electrons. The summed E-state index contributed by atoms with van der Waals surface area (Å²) in [6.07, 6.45) is 1.69. The van der Waals surface area contributed by atoms with E-state index in [-0.39, 0.29) is 5.54 Å². The van der Waals surface area contributed by atoms with Crippen LogP contribution in [0.2, 0.25) is 0 Å². The summed E-state index contributed by atoms with van der Waals surface area (Å²) >= 11 is 0. The fourth-order valence-corrected chi connectivity index (χ4v) is 0.975. The van der Waals surface area contributed by atoms with Crippen LogP contribution in [0.15, 0.2) is 0 Å². The zero-order valence-corrected chi connectivity index (χ0v) is 9.85. The highest BCUT2D eigenvalue weighted by molar-refractivity contribution is 5.87. The van der Waals surface area contributed by atoms with Gasteiger partial charge >= 0.3 is 0 Å². The maximum Gasteiger partial charge on any atom is 0.152 e. The molecule has 2 nitrogen and oxygen atoms in total. The molecule has 0 heterocycles. The maximum absolute atomic E-state index is 11.8.